The fourth-order valence-electron chi connectivity index (χ4n) is 4.17. The average Bonchev–Trinajstić information content (AvgIpc) is 2.99. The summed E-state index contributed by atoms with van der Waals surface area (Å²) < 4.78 is 30.3. The number of halogens is 3. The van der Waals surface area contributed by atoms with Crippen molar-refractivity contribution in [2.24, 2.45) is 0 Å². The van der Waals surface area contributed by atoms with Crippen molar-refractivity contribution < 1.29 is 33.0 Å². The van der Waals surface area contributed by atoms with Gasteiger partial charge in [0.1, 0.15) is 41.9 Å². The zero-order valence-corrected chi connectivity index (χ0v) is 24.1. The van der Waals surface area contributed by atoms with Crippen LogP contribution in [0.3, 0.4) is 0 Å². The van der Waals surface area contributed by atoms with Gasteiger partial charge in [0.05, 0.1) is 12.8 Å². The maximum atomic E-state index is 13.5. The lowest BCUT2D eigenvalue weighted by Crippen LogP contribution is -2.54. The third kappa shape index (κ3) is 6.97. The van der Waals surface area contributed by atoms with E-state index in [1.54, 1.807) is 60.7 Å². The van der Waals surface area contributed by atoms with E-state index in [2.05, 4.69) is 5.32 Å². The van der Waals surface area contributed by atoms with Crippen molar-refractivity contribution in [1.29, 1.82) is 0 Å². The first-order chi connectivity index (χ1) is 20.7. The Morgan fingerprint density at radius 1 is 0.837 bits per heavy atom. The molecule has 4 aromatic rings. The molecule has 1 heterocycles. The summed E-state index contributed by atoms with van der Waals surface area (Å²) in [7, 11) is 1.49. The molecule has 1 aliphatic rings. The minimum Gasteiger partial charge on any atom is -0.497 e. The third-order valence-electron chi connectivity index (χ3n) is 6.43. The van der Waals surface area contributed by atoms with Crippen LogP contribution in [-0.4, -0.2) is 25.0 Å². The van der Waals surface area contributed by atoms with E-state index in [1.807, 2.05) is 0 Å². The first kappa shape index (κ1) is 29.6. The van der Waals surface area contributed by atoms with Gasteiger partial charge in [-0.2, -0.15) is 0 Å². The number of amides is 4. The van der Waals surface area contributed by atoms with Crippen LogP contribution in [0.4, 0.5) is 14.9 Å². The lowest BCUT2D eigenvalue weighted by molar-refractivity contribution is -0.122. The number of carbonyl (C=O) groups excluding carboxylic acids is 3. The Bertz CT molecular complexity index is 1730. The highest BCUT2D eigenvalue weighted by molar-refractivity contribution is 6.39. The Kier molecular flexibility index (Phi) is 8.94. The second-order valence-corrected chi connectivity index (χ2v) is 10.1. The van der Waals surface area contributed by atoms with Crippen LogP contribution in [0.1, 0.15) is 16.7 Å². The van der Waals surface area contributed by atoms with Gasteiger partial charge in [-0.1, -0.05) is 41.4 Å². The predicted molar refractivity (Wildman–Crippen MR) is 160 cm³/mol. The largest absolute Gasteiger partial charge is 0.497 e. The van der Waals surface area contributed by atoms with Gasteiger partial charge in [-0.3, -0.25) is 14.9 Å². The summed E-state index contributed by atoms with van der Waals surface area (Å²) >= 11 is 12.1. The lowest BCUT2D eigenvalue weighted by Gasteiger charge is -2.26. The van der Waals surface area contributed by atoms with Crippen LogP contribution in [0.5, 0.6) is 17.2 Å². The van der Waals surface area contributed by atoms with Gasteiger partial charge in [0.15, 0.2) is 0 Å². The van der Waals surface area contributed by atoms with Gasteiger partial charge in [-0.15, -0.1) is 0 Å². The maximum absolute atomic E-state index is 13.5. The molecule has 0 aliphatic carbocycles. The second kappa shape index (κ2) is 13.0. The van der Waals surface area contributed by atoms with E-state index >= 15 is 0 Å². The summed E-state index contributed by atoms with van der Waals surface area (Å²) in [4.78, 5) is 39.8. The smallest absolute Gasteiger partial charge is 0.335 e. The fraction of sp³-hybridized carbons (Fsp3) is 0.0938. The number of rotatable bonds is 9. The molecule has 0 spiro atoms. The Morgan fingerprint density at radius 2 is 1.56 bits per heavy atom. The van der Waals surface area contributed by atoms with Gasteiger partial charge in [0.25, 0.3) is 11.8 Å². The summed E-state index contributed by atoms with van der Waals surface area (Å²) in [6.45, 7) is 0.264. The Hall–Kier alpha value is -4.86. The van der Waals surface area contributed by atoms with E-state index in [9.17, 15) is 18.8 Å². The zero-order valence-electron chi connectivity index (χ0n) is 22.6. The average molecular weight is 621 g/mol. The van der Waals surface area contributed by atoms with Crippen LogP contribution < -0.4 is 24.4 Å². The second-order valence-electron chi connectivity index (χ2n) is 9.30. The van der Waals surface area contributed by atoms with Crippen molar-refractivity contribution in [3.05, 3.63) is 123 Å². The van der Waals surface area contributed by atoms with Gasteiger partial charge in [-0.25, -0.2) is 14.1 Å². The highest BCUT2D eigenvalue weighted by atomic mass is 35.5. The van der Waals surface area contributed by atoms with E-state index in [4.69, 9.17) is 37.4 Å². The Labute approximate surface area is 256 Å². The quantitative estimate of drug-likeness (QED) is 0.160. The van der Waals surface area contributed by atoms with Gasteiger partial charge >= 0.3 is 6.03 Å². The van der Waals surface area contributed by atoms with E-state index < -0.39 is 17.8 Å². The molecular weight excluding hydrogens is 598 g/mol. The number of nitrogens with one attached hydrogen (secondary N) is 1. The Morgan fingerprint density at radius 3 is 2.26 bits per heavy atom. The van der Waals surface area contributed by atoms with Gasteiger partial charge in [0, 0.05) is 27.2 Å². The van der Waals surface area contributed by atoms with E-state index in [0.29, 0.717) is 38.4 Å². The molecule has 0 atom stereocenters. The monoisotopic (exact) mass is 620 g/mol. The van der Waals surface area contributed by atoms with E-state index in [0.717, 1.165) is 10.5 Å². The molecule has 4 aromatic carbocycles. The number of urea groups is 1. The number of nitrogens with zero attached hydrogens (tertiary/aromatic N) is 1. The van der Waals surface area contributed by atoms with Gasteiger partial charge in [0.2, 0.25) is 0 Å². The molecule has 4 amide bonds. The number of hydrogen-bond acceptors (Lipinski definition) is 6. The molecule has 0 bridgehead atoms. The van der Waals surface area contributed by atoms with Crippen LogP contribution in [0.25, 0.3) is 6.08 Å². The number of carbonyl (C=O) groups is 3. The van der Waals surface area contributed by atoms with Crippen LogP contribution in [-0.2, 0) is 22.8 Å². The maximum Gasteiger partial charge on any atom is 0.335 e. The number of ether oxygens (including phenoxy) is 3. The molecular formula is C32H23Cl2FN2O6. The number of benzene rings is 4. The fourth-order valence-corrected chi connectivity index (χ4v) is 4.63. The number of hydrogen-bond donors (Lipinski definition) is 1. The van der Waals surface area contributed by atoms with Crippen LogP contribution in [0.2, 0.25) is 10.0 Å². The van der Waals surface area contributed by atoms with Gasteiger partial charge in [-0.05, 0) is 72.3 Å². The number of methoxy groups -OCH3 is 1. The van der Waals surface area contributed by atoms with Crippen molar-refractivity contribution in [2.45, 2.75) is 13.2 Å². The van der Waals surface area contributed by atoms with E-state index in [1.165, 1.54) is 37.5 Å². The minimum atomic E-state index is -0.892. The molecule has 0 aromatic heterocycles. The summed E-state index contributed by atoms with van der Waals surface area (Å²) in [6, 6.07) is 21.1. The van der Waals surface area contributed by atoms with Crippen LogP contribution in [0.15, 0.2) is 90.5 Å². The Balaban J connectivity index is 1.36. The van der Waals surface area contributed by atoms with Crippen molar-refractivity contribution >= 4 is 52.8 Å². The summed E-state index contributed by atoms with van der Waals surface area (Å²) in [5, 5.41) is 3.18. The minimum absolute atomic E-state index is 0.0903. The first-order valence-electron chi connectivity index (χ1n) is 12.9. The molecule has 43 heavy (non-hydrogen) atoms. The van der Waals surface area contributed by atoms with Gasteiger partial charge < -0.3 is 14.2 Å². The normalized spacial score (nSPS) is 14.1. The third-order valence-corrected chi connectivity index (χ3v) is 7.02. The molecule has 8 nitrogen and oxygen atoms in total. The van der Waals surface area contributed by atoms with E-state index in [-0.39, 0.29) is 30.3 Å². The van der Waals surface area contributed by atoms with Crippen molar-refractivity contribution in [1.82, 2.24) is 5.32 Å². The highest BCUT2D eigenvalue weighted by Gasteiger charge is 2.37. The lowest BCUT2D eigenvalue weighted by atomic mass is 10.1. The number of imide groups is 2. The molecule has 1 fully saturated rings. The van der Waals surface area contributed by atoms with Crippen LogP contribution in [0, 0.1) is 5.82 Å². The standard InChI is InChI=1S/C32H23Cl2FN2O6/c1-41-26-11-5-20(29(16-26)43-17-19-2-7-23(35)8-3-19)14-27-30(38)36-32(40)37(31(27)39)24-9-12-25(13-10-24)42-18-21-4-6-22(33)15-28(21)34/h2-16H,17-18H2,1H3,(H,36,38,40)/b27-14+. The topological polar surface area (TPSA) is 94.2 Å². The predicted octanol–water partition coefficient (Wildman–Crippen LogP) is 6.97. The molecule has 1 saturated heterocycles. The number of anilines is 1. The first-order valence-corrected chi connectivity index (χ1v) is 13.6. The molecule has 5 rings (SSSR count). The molecule has 1 aliphatic heterocycles. The molecule has 0 saturated carbocycles. The van der Waals surface area contributed by atoms with Crippen molar-refractivity contribution in [3.8, 4) is 17.2 Å². The number of barbiturate groups is 1. The molecule has 218 valence electrons. The summed E-state index contributed by atoms with van der Waals surface area (Å²) in [6.07, 6.45) is 1.34. The molecule has 1 N–H and O–H groups in total. The summed E-state index contributed by atoms with van der Waals surface area (Å²) in [5.74, 6) is -0.799. The molecule has 0 radical (unpaired) electrons. The highest BCUT2D eigenvalue weighted by Crippen LogP contribution is 2.30. The SMILES string of the molecule is COc1ccc(/C=C2\C(=O)NC(=O)N(c3ccc(OCc4ccc(Cl)cc4Cl)cc3)C2=O)c(OCc2ccc(F)cc2)c1. The molecule has 11 heteroatoms. The van der Waals surface area contributed by atoms with Crippen molar-refractivity contribution in [3.63, 3.8) is 0 Å². The summed E-state index contributed by atoms with van der Waals surface area (Å²) in [5.41, 5.74) is 1.76. The van der Waals surface area contributed by atoms with Crippen molar-refractivity contribution in [2.75, 3.05) is 12.0 Å². The van der Waals surface area contributed by atoms with Crippen LogP contribution >= 0.6 is 23.2 Å². The zero-order chi connectivity index (χ0) is 30.5. The molecule has 0 unspecified atom stereocenters.